The van der Waals surface area contributed by atoms with Gasteiger partial charge in [-0.2, -0.15) is 0 Å². The van der Waals surface area contributed by atoms with Gasteiger partial charge < -0.3 is 5.11 Å². The van der Waals surface area contributed by atoms with Gasteiger partial charge in [0.25, 0.3) is 0 Å². The van der Waals surface area contributed by atoms with Crippen molar-refractivity contribution in [1.82, 2.24) is 0 Å². The van der Waals surface area contributed by atoms with E-state index in [4.69, 9.17) is 11.5 Å². The molecule has 1 rings (SSSR count). The second-order valence-corrected chi connectivity index (χ2v) is 4.53. The number of benzene rings is 1. The molecular weight excluding hydrogens is 268 g/mol. The first-order chi connectivity index (χ1) is 7.63. The van der Waals surface area contributed by atoms with Crippen LogP contribution in [0.15, 0.2) is 28.7 Å². The monoisotopic (exact) mass is 280 g/mol. The molecule has 1 aromatic rings. The largest absolute Gasteiger partial charge is 0.481 e. The first-order valence-electron chi connectivity index (χ1n) is 5.04. The summed E-state index contributed by atoms with van der Waals surface area (Å²) < 4.78 is 0.964. The second-order valence-electron chi connectivity index (χ2n) is 3.61. The molecule has 2 nitrogen and oxygen atoms in total. The van der Waals surface area contributed by atoms with E-state index in [1.807, 2.05) is 24.3 Å². The molecule has 0 aliphatic carbocycles. The predicted octanol–water partition coefficient (Wildman–Crippen LogP) is 3.11. The zero-order valence-electron chi connectivity index (χ0n) is 8.82. The quantitative estimate of drug-likeness (QED) is 0.842. The summed E-state index contributed by atoms with van der Waals surface area (Å²) in [4.78, 5) is 11.0. The molecule has 0 aliphatic rings. The lowest BCUT2D eigenvalue weighted by Gasteiger charge is -2.10. The van der Waals surface area contributed by atoms with Gasteiger partial charge in [0.15, 0.2) is 0 Å². The summed E-state index contributed by atoms with van der Waals surface area (Å²) in [6.45, 7) is 0. The van der Waals surface area contributed by atoms with Crippen LogP contribution in [0.4, 0.5) is 0 Å². The van der Waals surface area contributed by atoms with E-state index in [0.717, 1.165) is 10.0 Å². The number of hydrogen-bond donors (Lipinski definition) is 1. The van der Waals surface area contributed by atoms with Crippen LogP contribution in [0.1, 0.15) is 18.4 Å². The fourth-order valence-electron chi connectivity index (χ4n) is 1.52. The molecule has 1 atom stereocenters. The van der Waals surface area contributed by atoms with Crippen LogP contribution in [-0.2, 0) is 11.2 Å². The summed E-state index contributed by atoms with van der Waals surface area (Å²) >= 11 is 3.36. The third kappa shape index (κ3) is 4.08. The molecule has 0 saturated carbocycles. The number of aliphatic carboxylic acids is 1. The van der Waals surface area contributed by atoms with E-state index in [9.17, 15) is 4.79 Å². The van der Waals surface area contributed by atoms with Gasteiger partial charge in [0.2, 0.25) is 0 Å². The van der Waals surface area contributed by atoms with Crippen molar-refractivity contribution < 1.29 is 9.90 Å². The third-order valence-electron chi connectivity index (χ3n) is 2.36. The molecule has 1 aromatic carbocycles. The molecule has 16 heavy (non-hydrogen) atoms. The average Bonchev–Trinajstić information content (AvgIpc) is 2.24. The Kier molecular flexibility index (Phi) is 5.07. The van der Waals surface area contributed by atoms with Crippen LogP contribution >= 0.6 is 15.9 Å². The molecule has 84 valence electrons. The zero-order chi connectivity index (χ0) is 12.0. The minimum absolute atomic E-state index is 0.398. The Morgan fingerprint density at radius 3 is 2.88 bits per heavy atom. The zero-order valence-corrected chi connectivity index (χ0v) is 10.4. The van der Waals surface area contributed by atoms with Gasteiger partial charge in [-0.15, -0.1) is 12.3 Å². The molecule has 0 saturated heterocycles. The normalized spacial score (nSPS) is 11.8. The van der Waals surface area contributed by atoms with Crippen molar-refractivity contribution in [3.05, 3.63) is 34.3 Å². The molecule has 3 heteroatoms. The van der Waals surface area contributed by atoms with Gasteiger partial charge in [-0.3, -0.25) is 4.79 Å². The Hall–Kier alpha value is -1.27. The number of halogens is 1. The topological polar surface area (TPSA) is 37.3 Å². The van der Waals surface area contributed by atoms with Gasteiger partial charge in [0.05, 0.1) is 5.92 Å². The van der Waals surface area contributed by atoms with E-state index in [-0.39, 0.29) is 0 Å². The minimum atomic E-state index is -0.782. The average molecular weight is 281 g/mol. The fourth-order valence-corrected chi connectivity index (χ4v) is 1.97. The summed E-state index contributed by atoms with van der Waals surface area (Å²) in [6.07, 6.45) is 6.70. The first-order valence-corrected chi connectivity index (χ1v) is 5.83. The van der Waals surface area contributed by atoms with E-state index in [1.54, 1.807) is 0 Å². The molecule has 0 bridgehead atoms. The molecule has 0 heterocycles. The standard InChI is InChI=1S/C13H13BrO2/c1-2-3-6-11(13(15)16)8-10-5-4-7-12(14)9-10/h1,4-5,7,9,11H,3,6,8H2,(H,15,16). The lowest BCUT2D eigenvalue weighted by Crippen LogP contribution is -2.16. The van der Waals surface area contributed by atoms with Crippen LogP contribution in [-0.4, -0.2) is 11.1 Å². The molecule has 1 N–H and O–H groups in total. The highest BCUT2D eigenvalue weighted by molar-refractivity contribution is 9.10. The fraction of sp³-hybridized carbons (Fsp3) is 0.308. The van der Waals surface area contributed by atoms with Crippen molar-refractivity contribution in [2.45, 2.75) is 19.3 Å². The number of carboxylic acids is 1. The second kappa shape index (κ2) is 6.34. The molecular formula is C13H13BrO2. The number of terminal acetylenes is 1. The van der Waals surface area contributed by atoms with Gasteiger partial charge >= 0.3 is 5.97 Å². The Bertz CT molecular complexity index is 407. The van der Waals surface area contributed by atoms with Crippen molar-refractivity contribution in [3.8, 4) is 12.3 Å². The van der Waals surface area contributed by atoms with Crippen molar-refractivity contribution in [1.29, 1.82) is 0 Å². The molecule has 0 aromatic heterocycles. The lowest BCUT2D eigenvalue weighted by atomic mass is 9.95. The molecule has 0 aliphatic heterocycles. The predicted molar refractivity (Wildman–Crippen MR) is 67.0 cm³/mol. The van der Waals surface area contributed by atoms with Crippen LogP contribution in [0.3, 0.4) is 0 Å². The smallest absolute Gasteiger partial charge is 0.306 e. The molecule has 0 spiro atoms. The maximum Gasteiger partial charge on any atom is 0.306 e. The van der Waals surface area contributed by atoms with E-state index in [1.165, 1.54) is 0 Å². The lowest BCUT2D eigenvalue weighted by molar-refractivity contribution is -0.141. The number of carbonyl (C=O) groups is 1. The SMILES string of the molecule is C#CCCC(Cc1cccc(Br)c1)C(=O)O. The first kappa shape index (κ1) is 12.8. The van der Waals surface area contributed by atoms with Crippen molar-refractivity contribution in [2.75, 3.05) is 0 Å². The Morgan fingerprint density at radius 1 is 1.56 bits per heavy atom. The highest BCUT2D eigenvalue weighted by atomic mass is 79.9. The summed E-state index contributed by atoms with van der Waals surface area (Å²) in [5.41, 5.74) is 1.01. The highest BCUT2D eigenvalue weighted by Gasteiger charge is 2.17. The summed E-state index contributed by atoms with van der Waals surface area (Å²) in [5, 5.41) is 9.05. The summed E-state index contributed by atoms with van der Waals surface area (Å²) in [5.74, 6) is 1.30. The van der Waals surface area contributed by atoms with Crippen molar-refractivity contribution >= 4 is 21.9 Å². The van der Waals surface area contributed by atoms with Gasteiger partial charge in [-0.05, 0) is 30.5 Å². The summed E-state index contributed by atoms with van der Waals surface area (Å²) in [6, 6.07) is 7.68. The van der Waals surface area contributed by atoms with Crippen molar-refractivity contribution in [2.24, 2.45) is 5.92 Å². The van der Waals surface area contributed by atoms with Crippen molar-refractivity contribution in [3.63, 3.8) is 0 Å². The van der Waals surface area contributed by atoms with Gasteiger partial charge in [-0.25, -0.2) is 0 Å². The van der Waals surface area contributed by atoms with Gasteiger partial charge in [0, 0.05) is 10.9 Å². The molecule has 0 amide bonds. The maximum atomic E-state index is 11.0. The Balaban J connectivity index is 2.68. The van der Waals surface area contributed by atoms with E-state index in [0.29, 0.717) is 19.3 Å². The molecule has 0 fully saturated rings. The van der Waals surface area contributed by atoms with Crippen LogP contribution in [0.5, 0.6) is 0 Å². The number of hydrogen-bond acceptors (Lipinski definition) is 1. The van der Waals surface area contributed by atoms with E-state index >= 15 is 0 Å². The van der Waals surface area contributed by atoms with Gasteiger partial charge in [0.1, 0.15) is 0 Å². The van der Waals surface area contributed by atoms with Gasteiger partial charge in [-0.1, -0.05) is 28.1 Å². The van der Waals surface area contributed by atoms with E-state index < -0.39 is 11.9 Å². The van der Waals surface area contributed by atoms with Crippen LogP contribution in [0.2, 0.25) is 0 Å². The maximum absolute atomic E-state index is 11.0. The summed E-state index contributed by atoms with van der Waals surface area (Å²) in [7, 11) is 0. The number of rotatable bonds is 5. The Labute approximate surface area is 104 Å². The van der Waals surface area contributed by atoms with E-state index in [2.05, 4.69) is 21.9 Å². The molecule has 1 unspecified atom stereocenters. The number of carboxylic acid groups (broad SMARTS) is 1. The van der Waals surface area contributed by atoms with Crippen LogP contribution in [0.25, 0.3) is 0 Å². The molecule has 0 radical (unpaired) electrons. The third-order valence-corrected chi connectivity index (χ3v) is 2.85. The van der Waals surface area contributed by atoms with Crippen LogP contribution in [0, 0.1) is 18.3 Å². The Morgan fingerprint density at radius 2 is 2.31 bits per heavy atom. The minimum Gasteiger partial charge on any atom is -0.481 e. The van der Waals surface area contributed by atoms with Crippen LogP contribution < -0.4 is 0 Å². The highest BCUT2D eigenvalue weighted by Crippen LogP contribution is 2.18.